The van der Waals surface area contributed by atoms with Gasteiger partial charge in [-0.2, -0.15) is 5.10 Å². The van der Waals surface area contributed by atoms with Crippen molar-refractivity contribution in [1.29, 1.82) is 0 Å². The van der Waals surface area contributed by atoms with Crippen LogP contribution in [0.15, 0.2) is 54.9 Å². The van der Waals surface area contributed by atoms with Gasteiger partial charge >= 0.3 is 0 Å². The number of fused-ring (bicyclic) bond motifs is 1. The lowest BCUT2D eigenvalue weighted by atomic mass is 9.79. The van der Waals surface area contributed by atoms with E-state index in [1.165, 1.54) is 10.7 Å². The van der Waals surface area contributed by atoms with Gasteiger partial charge in [-0.1, -0.05) is 30.3 Å². The number of rotatable bonds is 3. The first-order chi connectivity index (χ1) is 13.9. The Morgan fingerprint density at radius 2 is 1.97 bits per heavy atom. The van der Waals surface area contributed by atoms with E-state index in [0.29, 0.717) is 30.9 Å². The molecule has 1 fully saturated rings. The summed E-state index contributed by atoms with van der Waals surface area (Å²) in [6.07, 6.45) is 2.97. The van der Waals surface area contributed by atoms with Crippen LogP contribution < -0.4 is 10.6 Å². The standard InChI is InChI=1S/C18H19N5O2.C2H4O2/c24-15-12-19-10-8-18(15,13-5-2-1-3-6-13)22-17(25)14-11-20-16-7-4-9-21-23(14)16;1-2(3)4/h1-7,9,11,15,19,24H,8,10,12H2,(H,22,25);1H3,(H,3,4)/t15-,18-;/m1./s1. The van der Waals surface area contributed by atoms with Crippen molar-refractivity contribution in [2.45, 2.75) is 25.0 Å². The predicted molar refractivity (Wildman–Crippen MR) is 105 cm³/mol. The summed E-state index contributed by atoms with van der Waals surface area (Å²) in [5.41, 5.74) is 0.991. The van der Waals surface area contributed by atoms with Gasteiger partial charge in [0.2, 0.25) is 0 Å². The molecule has 3 heterocycles. The van der Waals surface area contributed by atoms with E-state index in [4.69, 9.17) is 9.90 Å². The molecule has 1 aliphatic heterocycles. The van der Waals surface area contributed by atoms with Gasteiger partial charge in [0.1, 0.15) is 5.69 Å². The Kier molecular flexibility index (Phi) is 6.20. The highest BCUT2D eigenvalue weighted by Gasteiger charge is 2.43. The number of β-amino-alcohol motifs (C(OH)–C–C–N with tert-alkyl or cyclic N) is 1. The topological polar surface area (TPSA) is 129 Å². The third-order valence-corrected chi connectivity index (χ3v) is 4.74. The lowest BCUT2D eigenvalue weighted by molar-refractivity contribution is -0.134. The van der Waals surface area contributed by atoms with E-state index >= 15 is 0 Å². The van der Waals surface area contributed by atoms with Crippen molar-refractivity contribution >= 4 is 17.5 Å². The minimum atomic E-state index is -0.845. The van der Waals surface area contributed by atoms with Crippen LogP contribution in [0.2, 0.25) is 0 Å². The molecule has 0 spiro atoms. The van der Waals surface area contributed by atoms with Gasteiger partial charge in [0, 0.05) is 19.7 Å². The molecular formula is C20H23N5O4. The number of hydrogen-bond donors (Lipinski definition) is 4. The molecular weight excluding hydrogens is 374 g/mol. The number of nitrogens with zero attached hydrogens (tertiary/aromatic N) is 3. The van der Waals surface area contributed by atoms with Gasteiger partial charge in [0.15, 0.2) is 5.65 Å². The summed E-state index contributed by atoms with van der Waals surface area (Å²) in [5, 5.41) is 28.6. The number of carboxylic acid groups (broad SMARTS) is 1. The summed E-state index contributed by atoms with van der Waals surface area (Å²) in [5.74, 6) is -1.14. The highest BCUT2D eigenvalue weighted by Crippen LogP contribution is 2.31. The quantitative estimate of drug-likeness (QED) is 0.514. The minimum Gasteiger partial charge on any atom is -0.481 e. The third-order valence-electron chi connectivity index (χ3n) is 4.74. The highest BCUT2D eigenvalue weighted by atomic mass is 16.4. The zero-order valence-electron chi connectivity index (χ0n) is 15.9. The van der Waals surface area contributed by atoms with E-state index in [-0.39, 0.29) is 5.91 Å². The lowest BCUT2D eigenvalue weighted by Gasteiger charge is -2.42. The van der Waals surface area contributed by atoms with E-state index in [2.05, 4.69) is 20.7 Å². The number of piperidine rings is 1. The normalized spacial score (nSPS) is 21.1. The lowest BCUT2D eigenvalue weighted by Crippen LogP contribution is -2.61. The van der Waals surface area contributed by atoms with Gasteiger partial charge < -0.3 is 20.8 Å². The second-order valence-electron chi connectivity index (χ2n) is 6.72. The average Bonchev–Trinajstić information content (AvgIpc) is 3.14. The maximum absolute atomic E-state index is 13.0. The first-order valence-corrected chi connectivity index (χ1v) is 9.19. The molecule has 0 radical (unpaired) electrons. The molecule has 4 N–H and O–H groups in total. The molecule has 0 bridgehead atoms. The number of aliphatic hydroxyl groups excluding tert-OH is 1. The average molecular weight is 397 g/mol. The third kappa shape index (κ3) is 4.41. The molecule has 1 aromatic carbocycles. The maximum atomic E-state index is 13.0. The number of aliphatic hydroxyl groups is 1. The number of carbonyl (C=O) groups is 2. The predicted octanol–water partition coefficient (Wildman–Crippen LogP) is 0.800. The van der Waals surface area contributed by atoms with E-state index in [1.54, 1.807) is 18.3 Å². The van der Waals surface area contributed by atoms with Crippen molar-refractivity contribution in [2.24, 2.45) is 0 Å². The van der Waals surface area contributed by atoms with E-state index < -0.39 is 17.6 Å². The summed E-state index contributed by atoms with van der Waals surface area (Å²) in [6.45, 7) is 2.21. The second-order valence-corrected chi connectivity index (χ2v) is 6.72. The van der Waals surface area contributed by atoms with Gasteiger partial charge in [-0.15, -0.1) is 0 Å². The minimum absolute atomic E-state index is 0.309. The summed E-state index contributed by atoms with van der Waals surface area (Å²) in [4.78, 5) is 26.2. The number of imidazole rings is 1. The number of aromatic nitrogens is 3. The van der Waals surface area contributed by atoms with Crippen LogP contribution in [-0.2, 0) is 10.3 Å². The van der Waals surface area contributed by atoms with Gasteiger partial charge in [-0.25, -0.2) is 9.50 Å². The van der Waals surface area contributed by atoms with Crippen molar-refractivity contribution in [2.75, 3.05) is 13.1 Å². The maximum Gasteiger partial charge on any atom is 0.300 e. The van der Waals surface area contributed by atoms with Crippen LogP contribution >= 0.6 is 0 Å². The molecule has 9 nitrogen and oxygen atoms in total. The molecule has 1 aliphatic rings. The SMILES string of the molecule is CC(=O)O.O=C(N[C@@]1(c2ccccc2)CCNC[C@H]1O)c1cnc2cccnn12. The van der Waals surface area contributed by atoms with Crippen molar-refractivity contribution in [3.63, 3.8) is 0 Å². The summed E-state index contributed by atoms with van der Waals surface area (Å²) in [6, 6.07) is 13.2. The number of nitrogens with one attached hydrogen (secondary N) is 2. The molecule has 2 atom stereocenters. The smallest absolute Gasteiger partial charge is 0.300 e. The second kappa shape index (κ2) is 8.80. The summed E-state index contributed by atoms with van der Waals surface area (Å²) >= 11 is 0. The van der Waals surface area contributed by atoms with Crippen LogP contribution in [0.25, 0.3) is 5.65 Å². The van der Waals surface area contributed by atoms with Gasteiger partial charge in [0.05, 0.1) is 17.8 Å². The molecule has 0 saturated carbocycles. The van der Waals surface area contributed by atoms with E-state index in [1.807, 2.05) is 30.3 Å². The van der Waals surface area contributed by atoms with E-state index in [9.17, 15) is 9.90 Å². The Morgan fingerprint density at radius 3 is 2.66 bits per heavy atom. The number of carboxylic acids is 1. The Bertz CT molecular complexity index is 987. The van der Waals surface area contributed by atoms with Crippen molar-refractivity contribution in [3.05, 3.63) is 66.1 Å². The number of aliphatic carboxylic acids is 1. The fourth-order valence-corrected chi connectivity index (χ4v) is 3.41. The Hall–Kier alpha value is -3.30. The largest absolute Gasteiger partial charge is 0.481 e. The van der Waals surface area contributed by atoms with Crippen LogP contribution in [0.3, 0.4) is 0 Å². The summed E-state index contributed by atoms with van der Waals surface area (Å²) < 4.78 is 1.50. The van der Waals surface area contributed by atoms with Crippen molar-refractivity contribution < 1.29 is 19.8 Å². The monoisotopic (exact) mass is 397 g/mol. The van der Waals surface area contributed by atoms with Crippen LogP contribution in [0.5, 0.6) is 0 Å². The number of benzene rings is 1. The zero-order valence-corrected chi connectivity index (χ0v) is 15.9. The molecule has 1 saturated heterocycles. The number of amides is 1. The van der Waals surface area contributed by atoms with E-state index in [0.717, 1.165) is 12.5 Å². The number of carbonyl (C=O) groups excluding carboxylic acids is 1. The molecule has 1 amide bonds. The summed E-state index contributed by atoms with van der Waals surface area (Å²) in [7, 11) is 0. The van der Waals surface area contributed by atoms with Crippen LogP contribution in [0.4, 0.5) is 0 Å². The molecule has 152 valence electrons. The van der Waals surface area contributed by atoms with Crippen LogP contribution in [0, 0.1) is 0 Å². The first kappa shape index (κ1) is 20.4. The van der Waals surface area contributed by atoms with Gasteiger partial charge in [-0.05, 0) is 30.7 Å². The Labute approximate surface area is 167 Å². The molecule has 0 aliphatic carbocycles. The Balaban J connectivity index is 0.000000552. The molecule has 0 unspecified atom stereocenters. The zero-order chi connectivity index (χ0) is 20.9. The fourth-order valence-electron chi connectivity index (χ4n) is 3.41. The van der Waals surface area contributed by atoms with Crippen molar-refractivity contribution in [1.82, 2.24) is 25.2 Å². The fraction of sp³-hybridized carbons (Fsp3) is 0.300. The molecule has 4 rings (SSSR count). The van der Waals surface area contributed by atoms with Crippen LogP contribution in [-0.4, -0.2) is 55.9 Å². The van der Waals surface area contributed by atoms with Crippen LogP contribution in [0.1, 0.15) is 29.4 Å². The molecule has 2 aromatic heterocycles. The Morgan fingerprint density at radius 1 is 1.24 bits per heavy atom. The number of hydrogen-bond acceptors (Lipinski definition) is 6. The van der Waals surface area contributed by atoms with Gasteiger partial charge in [-0.3, -0.25) is 9.59 Å². The molecule has 29 heavy (non-hydrogen) atoms. The molecule has 9 heteroatoms. The highest BCUT2D eigenvalue weighted by molar-refractivity contribution is 5.93. The molecule has 3 aromatic rings. The first-order valence-electron chi connectivity index (χ1n) is 9.19. The van der Waals surface area contributed by atoms with Gasteiger partial charge in [0.25, 0.3) is 11.9 Å². The van der Waals surface area contributed by atoms with Crippen molar-refractivity contribution in [3.8, 4) is 0 Å².